The molecular weight excluding hydrogens is 318 g/mol. The third-order valence-electron chi connectivity index (χ3n) is 3.86. The van der Waals surface area contributed by atoms with Crippen molar-refractivity contribution in [2.45, 2.75) is 20.4 Å². The van der Waals surface area contributed by atoms with Gasteiger partial charge in [0.25, 0.3) is 0 Å². The van der Waals surface area contributed by atoms with E-state index < -0.39 is 0 Å². The molecule has 0 saturated heterocycles. The molecule has 128 valence electrons. The van der Waals surface area contributed by atoms with Crippen LogP contribution in [0.15, 0.2) is 47.0 Å². The van der Waals surface area contributed by atoms with Crippen molar-refractivity contribution in [1.29, 1.82) is 0 Å². The summed E-state index contributed by atoms with van der Waals surface area (Å²) in [5, 5.41) is 7.25. The van der Waals surface area contributed by atoms with Crippen LogP contribution in [0.5, 0.6) is 0 Å². The van der Waals surface area contributed by atoms with Crippen LogP contribution in [0, 0.1) is 13.8 Å². The summed E-state index contributed by atoms with van der Waals surface area (Å²) in [5.74, 6) is 0.705. The molecule has 0 radical (unpaired) electrons. The third kappa shape index (κ3) is 3.85. The summed E-state index contributed by atoms with van der Waals surface area (Å²) in [6, 6.07) is 13.3. The van der Waals surface area contributed by atoms with Gasteiger partial charge in [0.15, 0.2) is 0 Å². The van der Waals surface area contributed by atoms with Gasteiger partial charge in [-0.1, -0.05) is 35.0 Å². The Hall–Kier alpha value is -3.15. The molecule has 0 aliphatic carbocycles. The van der Waals surface area contributed by atoms with Crippen LogP contribution >= 0.6 is 0 Å². The molecule has 3 rings (SSSR count). The quantitative estimate of drug-likeness (QED) is 0.715. The van der Waals surface area contributed by atoms with Crippen molar-refractivity contribution in [3.63, 3.8) is 0 Å². The molecule has 25 heavy (non-hydrogen) atoms. The lowest BCUT2D eigenvalue weighted by Crippen LogP contribution is -2.05. The van der Waals surface area contributed by atoms with Gasteiger partial charge >= 0.3 is 5.97 Å². The molecule has 6 nitrogen and oxygen atoms in total. The third-order valence-corrected chi connectivity index (χ3v) is 3.86. The van der Waals surface area contributed by atoms with Gasteiger partial charge in [-0.05, 0) is 37.6 Å². The average Bonchev–Trinajstić information content (AvgIpc) is 3.09. The number of aromatic nitrogens is 2. The second-order valence-electron chi connectivity index (χ2n) is 5.75. The summed E-state index contributed by atoms with van der Waals surface area (Å²) < 4.78 is 10.0. The number of ether oxygens (including phenoxy) is 1. The van der Waals surface area contributed by atoms with Gasteiger partial charge in [0.05, 0.1) is 19.2 Å². The molecule has 0 saturated carbocycles. The average molecular weight is 337 g/mol. The first-order valence-corrected chi connectivity index (χ1v) is 7.89. The molecule has 0 aliphatic heterocycles. The van der Waals surface area contributed by atoms with E-state index in [-0.39, 0.29) is 5.97 Å². The van der Waals surface area contributed by atoms with Crippen LogP contribution < -0.4 is 5.32 Å². The number of benzene rings is 2. The zero-order valence-electron chi connectivity index (χ0n) is 14.4. The van der Waals surface area contributed by atoms with Gasteiger partial charge < -0.3 is 14.6 Å². The van der Waals surface area contributed by atoms with Crippen LogP contribution in [0.2, 0.25) is 0 Å². The fourth-order valence-corrected chi connectivity index (χ4v) is 2.42. The molecule has 1 heterocycles. The Morgan fingerprint density at radius 1 is 1.16 bits per heavy atom. The van der Waals surface area contributed by atoms with E-state index in [0.717, 1.165) is 16.8 Å². The van der Waals surface area contributed by atoms with Crippen molar-refractivity contribution in [2.75, 3.05) is 12.4 Å². The summed E-state index contributed by atoms with van der Waals surface area (Å²) in [7, 11) is 1.37. The summed E-state index contributed by atoms with van der Waals surface area (Å²) >= 11 is 0. The molecule has 0 unspecified atom stereocenters. The van der Waals surface area contributed by atoms with E-state index in [1.165, 1.54) is 12.7 Å². The van der Waals surface area contributed by atoms with E-state index in [4.69, 9.17) is 9.26 Å². The maximum atomic E-state index is 11.5. The number of anilines is 1. The van der Waals surface area contributed by atoms with Gasteiger partial charge in [-0.2, -0.15) is 4.98 Å². The van der Waals surface area contributed by atoms with Crippen molar-refractivity contribution < 1.29 is 14.1 Å². The summed E-state index contributed by atoms with van der Waals surface area (Å²) in [6.45, 7) is 4.35. The highest BCUT2D eigenvalue weighted by Crippen LogP contribution is 2.19. The standard InChI is InChI=1S/C19H19N3O3/c1-12-4-6-14(7-5-12)18-21-17(25-22-18)11-20-16-9-8-15(10-13(16)2)19(23)24-3/h4-10,20H,11H2,1-3H3. The van der Waals surface area contributed by atoms with Crippen LogP contribution in [0.4, 0.5) is 5.69 Å². The molecule has 0 bridgehead atoms. The maximum absolute atomic E-state index is 11.5. The van der Waals surface area contributed by atoms with E-state index in [2.05, 4.69) is 15.5 Å². The molecule has 6 heteroatoms. The molecular formula is C19H19N3O3. The van der Waals surface area contributed by atoms with Crippen molar-refractivity contribution in [3.05, 3.63) is 65.0 Å². The Morgan fingerprint density at radius 2 is 1.92 bits per heavy atom. The zero-order chi connectivity index (χ0) is 17.8. The van der Waals surface area contributed by atoms with Gasteiger partial charge in [0.1, 0.15) is 0 Å². The fraction of sp³-hybridized carbons (Fsp3) is 0.211. The molecule has 1 aromatic heterocycles. The van der Waals surface area contributed by atoms with E-state index in [0.29, 0.717) is 23.8 Å². The Morgan fingerprint density at radius 3 is 2.60 bits per heavy atom. The first-order chi connectivity index (χ1) is 12.1. The number of methoxy groups -OCH3 is 1. The molecule has 0 amide bonds. The van der Waals surface area contributed by atoms with E-state index >= 15 is 0 Å². The van der Waals surface area contributed by atoms with Crippen molar-refractivity contribution in [1.82, 2.24) is 10.1 Å². The molecule has 0 spiro atoms. The molecule has 0 fully saturated rings. The first-order valence-electron chi connectivity index (χ1n) is 7.89. The summed E-state index contributed by atoms with van der Waals surface area (Å²) in [4.78, 5) is 15.9. The van der Waals surface area contributed by atoms with Crippen LogP contribution in [0.1, 0.15) is 27.4 Å². The number of rotatable bonds is 5. The monoisotopic (exact) mass is 337 g/mol. The van der Waals surface area contributed by atoms with E-state index in [9.17, 15) is 4.79 Å². The minimum Gasteiger partial charge on any atom is -0.465 e. The van der Waals surface area contributed by atoms with Gasteiger partial charge in [-0.25, -0.2) is 4.79 Å². The van der Waals surface area contributed by atoms with E-state index in [1.54, 1.807) is 12.1 Å². The SMILES string of the molecule is COC(=O)c1ccc(NCc2nc(-c3ccc(C)cc3)no2)c(C)c1. The second-order valence-corrected chi connectivity index (χ2v) is 5.75. The van der Waals surface area contributed by atoms with Crippen LogP contribution in [0.25, 0.3) is 11.4 Å². The fourth-order valence-electron chi connectivity index (χ4n) is 2.42. The normalized spacial score (nSPS) is 10.5. The highest BCUT2D eigenvalue weighted by atomic mass is 16.5. The number of nitrogens with zero attached hydrogens (tertiary/aromatic N) is 2. The summed E-state index contributed by atoms with van der Waals surface area (Å²) in [5.41, 5.74) is 4.44. The minimum atomic E-state index is -0.353. The van der Waals surface area contributed by atoms with E-state index in [1.807, 2.05) is 44.2 Å². The number of nitrogens with one attached hydrogen (secondary N) is 1. The van der Waals surface area contributed by atoms with Crippen molar-refractivity contribution >= 4 is 11.7 Å². The molecule has 2 aromatic carbocycles. The first kappa shape index (κ1) is 16.7. The number of aryl methyl sites for hydroxylation is 2. The molecule has 1 N–H and O–H groups in total. The molecule has 0 aliphatic rings. The van der Waals surface area contributed by atoms with Gasteiger partial charge in [0.2, 0.25) is 11.7 Å². The highest BCUT2D eigenvalue weighted by Gasteiger charge is 2.10. The topological polar surface area (TPSA) is 77.2 Å². The molecule has 0 atom stereocenters. The number of carbonyl (C=O) groups is 1. The number of carbonyl (C=O) groups excluding carboxylic acids is 1. The Labute approximate surface area is 145 Å². The van der Waals surface area contributed by atoms with Crippen LogP contribution in [0.3, 0.4) is 0 Å². The second kappa shape index (κ2) is 7.17. The predicted octanol–water partition coefficient (Wildman–Crippen LogP) is 3.75. The Balaban J connectivity index is 1.68. The van der Waals surface area contributed by atoms with Crippen LogP contribution in [-0.2, 0) is 11.3 Å². The molecule has 3 aromatic rings. The number of hydrogen-bond donors (Lipinski definition) is 1. The smallest absolute Gasteiger partial charge is 0.337 e. The Bertz CT molecular complexity index is 885. The maximum Gasteiger partial charge on any atom is 0.337 e. The van der Waals surface area contributed by atoms with Crippen molar-refractivity contribution in [2.24, 2.45) is 0 Å². The summed E-state index contributed by atoms with van der Waals surface area (Å²) in [6.07, 6.45) is 0. The van der Waals surface area contributed by atoms with Gasteiger partial charge in [-0.15, -0.1) is 0 Å². The lowest BCUT2D eigenvalue weighted by Gasteiger charge is -2.08. The Kier molecular flexibility index (Phi) is 4.79. The lowest BCUT2D eigenvalue weighted by molar-refractivity contribution is 0.0600. The number of hydrogen-bond acceptors (Lipinski definition) is 6. The predicted molar refractivity (Wildman–Crippen MR) is 94.3 cm³/mol. The lowest BCUT2D eigenvalue weighted by atomic mass is 10.1. The van der Waals surface area contributed by atoms with Crippen LogP contribution in [-0.4, -0.2) is 23.2 Å². The minimum absolute atomic E-state index is 0.353. The van der Waals surface area contributed by atoms with Gasteiger partial charge in [-0.3, -0.25) is 0 Å². The largest absolute Gasteiger partial charge is 0.465 e. The van der Waals surface area contributed by atoms with Crippen molar-refractivity contribution in [3.8, 4) is 11.4 Å². The number of esters is 1. The highest BCUT2D eigenvalue weighted by molar-refractivity contribution is 5.90. The zero-order valence-corrected chi connectivity index (χ0v) is 14.4. The van der Waals surface area contributed by atoms with Gasteiger partial charge in [0, 0.05) is 11.3 Å².